The van der Waals surface area contributed by atoms with E-state index < -0.39 is 5.82 Å². The quantitative estimate of drug-likeness (QED) is 0.342. The summed E-state index contributed by atoms with van der Waals surface area (Å²) < 4.78 is 21.5. The Morgan fingerprint density at radius 2 is 2.03 bits per heavy atom. The maximum atomic E-state index is 14.6. The van der Waals surface area contributed by atoms with Gasteiger partial charge in [-0.3, -0.25) is 4.68 Å². The summed E-state index contributed by atoms with van der Waals surface area (Å²) in [6.45, 7) is 2.64. The molecule has 1 unspecified atom stereocenters. The van der Waals surface area contributed by atoms with Crippen molar-refractivity contribution >= 4 is 16.7 Å². The highest BCUT2D eigenvalue weighted by atomic mass is 19.1. The minimum Gasteiger partial charge on any atom is -0.504 e. The number of anilines is 1. The molecule has 0 aliphatic heterocycles. The Bertz CT molecular complexity index is 1430. The van der Waals surface area contributed by atoms with E-state index in [0.29, 0.717) is 40.5 Å². The highest BCUT2D eigenvalue weighted by Crippen LogP contribution is 2.42. The van der Waals surface area contributed by atoms with Crippen LogP contribution in [-0.4, -0.2) is 39.6 Å². The van der Waals surface area contributed by atoms with E-state index in [2.05, 4.69) is 10.4 Å². The van der Waals surface area contributed by atoms with E-state index in [9.17, 15) is 9.50 Å². The molecule has 4 rings (SSSR count). The maximum absolute atomic E-state index is 14.6. The number of benzene rings is 2. The number of phenolic OH excluding ortho intramolecular Hbond substituents is 1. The van der Waals surface area contributed by atoms with Crippen LogP contribution in [0.5, 0.6) is 11.5 Å². The summed E-state index contributed by atoms with van der Waals surface area (Å²) in [6.07, 6.45) is 3.35. The minimum atomic E-state index is -0.634. The Morgan fingerprint density at radius 1 is 1.26 bits per heavy atom. The molecule has 9 heteroatoms. The van der Waals surface area contributed by atoms with E-state index >= 15 is 0 Å². The van der Waals surface area contributed by atoms with Crippen LogP contribution in [0.3, 0.4) is 0 Å². The number of nitrogens with two attached hydrogens (primary N) is 1. The average molecular weight is 475 g/mol. The van der Waals surface area contributed by atoms with Crippen LogP contribution in [0.25, 0.3) is 33.3 Å². The van der Waals surface area contributed by atoms with Gasteiger partial charge in [-0.25, -0.2) is 9.37 Å². The van der Waals surface area contributed by atoms with Crippen LogP contribution in [0, 0.1) is 17.1 Å². The first-order chi connectivity index (χ1) is 16.9. The summed E-state index contributed by atoms with van der Waals surface area (Å²) in [5, 5.41) is 28.2. The van der Waals surface area contributed by atoms with Gasteiger partial charge in [-0.1, -0.05) is 19.1 Å². The van der Waals surface area contributed by atoms with Gasteiger partial charge in [0.05, 0.1) is 24.6 Å². The molecular formula is C26H27FN6O2. The Hall–Kier alpha value is -4.16. The van der Waals surface area contributed by atoms with E-state index in [1.54, 1.807) is 35.1 Å². The Labute approximate surface area is 202 Å². The number of methoxy groups -OCH3 is 1. The molecule has 0 aliphatic carbocycles. The maximum Gasteiger partial charge on any atom is 0.160 e. The smallest absolute Gasteiger partial charge is 0.160 e. The van der Waals surface area contributed by atoms with E-state index in [0.717, 1.165) is 23.7 Å². The van der Waals surface area contributed by atoms with E-state index in [1.165, 1.54) is 19.2 Å². The fourth-order valence-corrected chi connectivity index (χ4v) is 4.05. The van der Waals surface area contributed by atoms with Gasteiger partial charge in [0.2, 0.25) is 0 Å². The van der Waals surface area contributed by atoms with Crippen LogP contribution in [0.15, 0.2) is 42.6 Å². The minimum absolute atomic E-state index is 0.0326. The molecule has 2 heterocycles. The second-order valence-electron chi connectivity index (χ2n) is 8.29. The van der Waals surface area contributed by atoms with Gasteiger partial charge >= 0.3 is 0 Å². The number of nitrogens with one attached hydrogen (secondary N) is 1. The number of fused-ring (bicyclic) bond motifs is 1. The summed E-state index contributed by atoms with van der Waals surface area (Å²) in [5.74, 6) is 0.255. The van der Waals surface area contributed by atoms with Crippen molar-refractivity contribution in [2.45, 2.75) is 25.8 Å². The number of halogens is 1. The molecule has 0 radical (unpaired) electrons. The summed E-state index contributed by atoms with van der Waals surface area (Å²) in [6, 6.07) is 11.4. The number of ether oxygens (including phenoxy) is 1. The van der Waals surface area contributed by atoms with Crippen LogP contribution in [-0.2, 0) is 7.05 Å². The molecule has 4 aromatic rings. The number of hydrogen-bond donors (Lipinski definition) is 3. The number of nitrogens with zero attached hydrogens (tertiary/aromatic N) is 4. The third kappa shape index (κ3) is 4.61. The summed E-state index contributed by atoms with van der Waals surface area (Å²) in [4.78, 5) is 4.90. The molecule has 0 fully saturated rings. The number of hydrogen-bond acceptors (Lipinski definition) is 7. The molecule has 1 atom stereocenters. The number of rotatable bonds is 8. The summed E-state index contributed by atoms with van der Waals surface area (Å²) >= 11 is 0. The van der Waals surface area contributed by atoms with Crippen molar-refractivity contribution in [3.63, 3.8) is 0 Å². The van der Waals surface area contributed by atoms with Crippen LogP contribution in [0.1, 0.15) is 25.3 Å². The second-order valence-corrected chi connectivity index (χ2v) is 8.29. The van der Waals surface area contributed by atoms with Crippen molar-refractivity contribution in [1.82, 2.24) is 14.8 Å². The first-order valence-corrected chi connectivity index (χ1v) is 11.3. The molecule has 0 saturated heterocycles. The van der Waals surface area contributed by atoms with Gasteiger partial charge in [0.1, 0.15) is 17.4 Å². The molecule has 0 saturated carbocycles. The second kappa shape index (κ2) is 9.99. The predicted octanol–water partition coefficient (Wildman–Crippen LogP) is 4.57. The normalized spacial score (nSPS) is 11.9. The van der Waals surface area contributed by atoms with Gasteiger partial charge in [-0.05, 0) is 42.7 Å². The number of pyridine rings is 1. The third-order valence-electron chi connectivity index (χ3n) is 6.06. The first-order valence-electron chi connectivity index (χ1n) is 11.3. The van der Waals surface area contributed by atoms with Gasteiger partial charge in [0, 0.05) is 36.1 Å². The van der Waals surface area contributed by atoms with E-state index in [-0.39, 0.29) is 17.4 Å². The van der Waals surface area contributed by atoms with Crippen LogP contribution in [0.2, 0.25) is 0 Å². The molecule has 0 amide bonds. The average Bonchev–Trinajstić information content (AvgIpc) is 3.25. The van der Waals surface area contributed by atoms with Crippen molar-refractivity contribution < 1.29 is 14.2 Å². The lowest BCUT2D eigenvalue weighted by molar-refractivity contribution is 0.373. The van der Waals surface area contributed by atoms with Crippen molar-refractivity contribution in [2.75, 3.05) is 19.0 Å². The SMILES string of the molecule is CCC(N)CCNc1nc(-c2ccc(C#N)c(F)c2)c(-c2ccc(OC)c(O)c2)c2cnn(C)c12. The number of aromatic nitrogens is 3. The fourth-order valence-electron chi connectivity index (χ4n) is 4.05. The molecule has 2 aromatic carbocycles. The van der Waals surface area contributed by atoms with Crippen LogP contribution in [0.4, 0.5) is 10.2 Å². The highest BCUT2D eigenvalue weighted by Gasteiger charge is 2.21. The molecule has 0 spiro atoms. The lowest BCUT2D eigenvalue weighted by Gasteiger charge is -2.17. The molecule has 0 bridgehead atoms. The molecule has 8 nitrogen and oxygen atoms in total. The predicted molar refractivity (Wildman–Crippen MR) is 134 cm³/mol. The van der Waals surface area contributed by atoms with Crippen molar-refractivity contribution in [3.05, 3.63) is 54.0 Å². The lowest BCUT2D eigenvalue weighted by Crippen LogP contribution is -2.22. The topological polar surface area (TPSA) is 122 Å². The van der Waals surface area contributed by atoms with Crippen molar-refractivity contribution in [3.8, 4) is 40.0 Å². The van der Waals surface area contributed by atoms with Crippen molar-refractivity contribution in [1.29, 1.82) is 5.26 Å². The summed E-state index contributed by atoms with van der Waals surface area (Å²) in [7, 11) is 3.30. The van der Waals surface area contributed by atoms with Gasteiger partial charge in [-0.2, -0.15) is 10.4 Å². The molecule has 35 heavy (non-hydrogen) atoms. The number of phenols is 1. The third-order valence-corrected chi connectivity index (χ3v) is 6.06. The highest BCUT2D eigenvalue weighted by molar-refractivity contribution is 6.05. The molecular weight excluding hydrogens is 447 g/mol. The Kier molecular flexibility index (Phi) is 6.85. The monoisotopic (exact) mass is 474 g/mol. The van der Waals surface area contributed by atoms with Crippen LogP contribution < -0.4 is 15.8 Å². The zero-order chi connectivity index (χ0) is 25.1. The fraction of sp³-hybridized carbons (Fsp3) is 0.269. The largest absolute Gasteiger partial charge is 0.504 e. The van der Waals surface area contributed by atoms with Gasteiger partial charge < -0.3 is 20.9 Å². The number of aryl methyl sites for hydroxylation is 1. The Balaban J connectivity index is 1.97. The first kappa shape index (κ1) is 24.0. The van der Waals surface area contributed by atoms with E-state index in [1.807, 2.05) is 20.0 Å². The van der Waals surface area contributed by atoms with Crippen molar-refractivity contribution in [2.24, 2.45) is 12.8 Å². The van der Waals surface area contributed by atoms with Crippen LogP contribution >= 0.6 is 0 Å². The standard InChI is InChI=1S/C26H27FN6O2/c1-4-18(29)9-10-30-26-25-19(14-31-33(25)2)23(15-7-8-22(35-3)21(34)12-15)24(32-26)16-5-6-17(13-28)20(27)11-16/h5-8,11-12,14,18,34H,4,9-10,29H2,1-3H3,(H,30,32). The molecule has 180 valence electrons. The molecule has 2 aromatic heterocycles. The molecule has 4 N–H and O–H groups in total. The number of aromatic hydroxyl groups is 1. The van der Waals surface area contributed by atoms with Gasteiger partial charge in [-0.15, -0.1) is 0 Å². The Morgan fingerprint density at radius 3 is 2.69 bits per heavy atom. The number of nitriles is 1. The van der Waals surface area contributed by atoms with E-state index in [4.69, 9.17) is 20.7 Å². The zero-order valence-corrected chi connectivity index (χ0v) is 19.8. The zero-order valence-electron chi connectivity index (χ0n) is 19.8. The lowest BCUT2D eigenvalue weighted by atomic mass is 9.95. The summed E-state index contributed by atoms with van der Waals surface area (Å²) in [5.41, 5.74) is 9.11. The van der Waals surface area contributed by atoms with Gasteiger partial charge in [0.15, 0.2) is 17.3 Å². The molecule has 0 aliphatic rings. The van der Waals surface area contributed by atoms with Gasteiger partial charge in [0.25, 0.3) is 0 Å².